The highest BCUT2D eigenvalue weighted by atomic mass is 79.9. The fourth-order valence-electron chi connectivity index (χ4n) is 2.83. The molecule has 0 aliphatic carbocycles. The number of methoxy groups -OCH3 is 2. The summed E-state index contributed by atoms with van der Waals surface area (Å²) in [5.74, 6) is 0.879. The van der Waals surface area contributed by atoms with Crippen LogP contribution in [0, 0.1) is 0 Å². The minimum atomic E-state index is -0.0821. The monoisotopic (exact) mass is 416 g/mol. The molecule has 0 atom stereocenters. The number of aromatic hydroxyl groups is 3. The lowest BCUT2D eigenvalue weighted by atomic mass is 9.96. The summed E-state index contributed by atoms with van der Waals surface area (Å²) in [6.45, 7) is 0. The van der Waals surface area contributed by atoms with E-state index in [9.17, 15) is 15.3 Å². The Labute approximate surface area is 159 Å². The van der Waals surface area contributed by atoms with Crippen molar-refractivity contribution in [1.82, 2.24) is 0 Å². The van der Waals surface area contributed by atoms with Crippen molar-refractivity contribution in [3.05, 3.63) is 53.0 Å². The van der Waals surface area contributed by atoms with Crippen molar-refractivity contribution in [2.45, 2.75) is 0 Å². The van der Waals surface area contributed by atoms with Gasteiger partial charge in [0.1, 0.15) is 17.2 Å². The molecule has 0 unspecified atom stereocenters. The molecule has 3 rings (SSSR count). The van der Waals surface area contributed by atoms with E-state index in [2.05, 4.69) is 15.9 Å². The molecule has 0 aliphatic heterocycles. The minimum Gasteiger partial charge on any atom is -0.508 e. The number of benzene rings is 3. The first kappa shape index (κ1) is 17.9. The molecule has 3 aromatic carbocycles. The van der Waals surface area contributed by atoms with Gasteiger partial charge in [0.2, 0.25) is 0 Å². The highest BCUT2D eigenvalue weighted by molar-refractivity contribution is 9.10. The first-order valence-electron chi connectivity index (χ1n) is 7.73. The maximum absolute atomic E-state index is 10.9. The first-order chi connectivity index (χ1) is 12.5. The molecule has 26 heavy (non-hydrogen) atoms. The van der Waals surface area contributed by atoms with Gasteiger partial charge in [-0.3, -0.25) is 0 Å². The Kier molecular flexibility index (Phi) is 4.95. The normalized spacial score (nSPS) is 10.6. The third-order valence-electron chi connectivity index (χ3n) is 4.05. The zero-order valence-corrected chi connectivity index (χ0v) is 15.7. The van der Waals surface area contributed by atoms with Crippen LogP contribution in [0.1, 0.15) is 0 Å². The van der Waals surface area contributed by atoms with E-state index in [0.717, 1.165) is 5.56 Å². The highest BCUT2D eigenvalue weighted by Gasteiger charge is 2.26. The number of rotatable bonds is 4. The van der Waals surface area contributed by atoms with Crippen LogP contribution in [0.3, 0.4) is 0 Å². The van der Waals surface area contributed by atoms with Gasteiger partial charge in [0.25, 0.3) is 0 Å². The van der Waals surface area contributed by atoms with Crippen LogP contribution < -0.4 is 9.47 Å². The van der Waals surface area contributed by atoms with E-state index in [0.29, 0.717) is 26.9 Å². The van der Waals surface area contributed by atoms with Crippen molar-refractivity contribution >= 4 is 15.9 Å². The molecule has 0 saturated carbocycles. The van der Waals surface area contributed by atoms with E-state index in [1.807, 2.05) is 0 Å². The van der Waals surface area contributed by atoms with E-state index in [-0.39, 0.29) is 23.0 Å². The van der Waals surface area contributed by atoms with Crippen LogP contribution >= 0.6 is 15.9 Å². The molecule has 0 radical (unpaired) electrons. The van der Waals surface area contributed by atoms with E-state index < -0.39 is 0 Å². The molecule has 0 spiro atoms. The summed E-state index contributed by atoms with van der Waals surface area (Å²) in [5, 5.41) is 30.0. The van der Waals surface area contributed by atoms with Crippen molar-refractivity contribution < 1.29 is 24.8 Å². The summed E-state index contributed by atoms with van der Waals surface area (Å²) in [6.07, 6.45) is 0. The quantitative estimate of drug-likeness (QED) is 0.562. The summed E-state index contributed by atoms with van der Waals surface area (Å²) >= 11 is 3.56. The van der Waals surface area contributed by atoms with E-state index in [1.165, 1.54) is 26.4 Å². The molecule has 3 aromatic rings. The molecule has 0 bridgehead atoms. The molecule has 0 aromatic heterocycles. The smallest absolute Gasteiger partial charge is 0.170 e. The van der Waals surface area contributed by atoms with Crippen LogP contribution in [0.15, 0.2) is 53.0 Å². The van der Waals surface area contributed by atoms with Gasteiger partial charge in [0.15, 0.2) is 11.5 Å². The number of phenols is 3. The predicted molar refractivity (Wildman–Crippen MR) is 103 cm³/mol. The molecule has 0 amide bonds. The van der Waals surface area contributed by atoms with Crippen molar-refractivity contribution in [2.75, 3.05) is 14.2 Å². The Morgan fingerprint density at radius 3 is 1.50 bits per heavy atom. The van der Waals surface area contributed by atoms with Crippen molar-refractivity contribution in [3.63, 3.8) is 0 Å². The fourth-order valence-corrected chi connectivity index (χ4v) is 3.60. The Morgan fingerprint density at radius 1 is 0.654 bits per heavy atom. The lowest BCUT2D eigenvalue weighted by molar-refractivity contribution is 0.368. The molecule has 134 valence electrons. The Bertz CT molecular complexity index is 855. The molecule has 0 saturated heterocycles. The van der Waals surface area contributed by atoms with Crippen LogP contribution in [0.2, 0.25) is 0 Å². The number of phenolic OH excluding ortho intramolecular Hbond substituents is 3. The third kappa shape index (κ3) is 3.04. The van der Waals surface area contributed by atoms with Crippen molar-refractivity contribution in [3.8, 4) is 51.0 Å². The van der Waals surface area contributed by atoms with Gasteiger partial charge in [-0.15, -0.1) is 0 Å². The van der Waals surface area contributed by atoms with Crippen LogP contribution in [0.25, 0.3) is 22.3 Å². The molecular weight excluding hydrogens is 400 g/mol. The number of halogens is 1. The molecule has 3 N–H and O–H groups in total. The average molecular weight is 417 g/mol. The SMILES string of the molecule is COc1c(Br)c(-c2ccc(O)cc2)c(OC)c(O)c1-c1ccc(O)cc1. The van der Waals surface area contributed by atoms with E-state index >= 15 is 0 Å². The maximum Gasteiger partial charge on any atom is 0.170 e. The van der Waals surface area contributed by atoms with Crippen LogP contribution in [-0.4, -0.2) is 29.5 Å². The topological polar surface area (TPSA) is 79.2 Å². The van der Waals surface area contributed by atoms with E-state index in [4.69, 9.17) is 9.47 Å². The Hall–Kier alpha value is -2.86. The summed E-state index contributed by atoms with van der Waals surface area (Å²) in [5.41, 5.74) is 2.44. The van der Waals surface area contributed by atoms with Gasteiger partial charge < -0.3 is 24.8 Å². The largest absolute Gasteiger partial charge is 0.508 e. The first-order valence-corrected chi connectivity index (χ1v) is 8.52. The van der Waals surface area contributed by atoms with Crippen LogP contribution in [0.4, 0.5) is 0 Å². The van der Waals surface area contributed by atoms with Gasteiger partial charge in [-0.05, 0) is 51.3 Å². The average Bonchev–Trinajstić information content (AvgIpc) is 2.64. The second-order valence-electron chi connectivity index (χ2n) is 5.57. The third-order valence-corrected chi connectivity index (χ3v) is 4.80. The molecule has 5 nitrogen and oxygen atoms in total. The lowest BCUT2D eigenvalue weighted by Gasteiger charge is -2.20. The lowest BCUT2D eigenvalue weighted by Crippen LogP contribution is -1.97. The van der Waals surface area contributed by atoms with Gasteiger partial charge >= 0.3 is 0 Å². The van der Waals surface area contributed by atoms with Gasteiger partial charge in [-0.25, -0.2) is 0 Å². The summed E-state index contributed by atoms with van der Waals surface area (Å²) in [6, 6.07) is 13.0. The molecule has 0 fully saturated rings. The summed E-state index contributed by atoms with van der Waals surface area (Å²) < 4.78 is 11.6. The van der Waals surface area contributed by atoms with Gasteiger partial charge in [0, 0.05) is 5.56 Å². The molecule has 6 heteroatoms. The second kappa shape index (κ2) is 7.17. The summed E-state index contributed by atoms with van der Waals surface area (Å²) in [4.78, 5) is 0. The van der Waals surface area contributed by atoms with Gasteiger partial charge in [-0.1, -0.05) is 24.3 Å². The van der Waals surface area contributed by atoms with Gasteiger partial charge in [-0.2, -0.15) is 0 Å². The number of ether oxygens (including phenoxy) is 2. The zero-order chi connectivity index (χ0) is 18.8. The van der Waals surface area contributed by atoms with Gasteiger partial charge in [0.05, 0.1) is 24.3 Å². The van der Waals surface area contributed by atoms with E-state index in [1.54, 1.807) is 36.4 Å². The van der Waals surface area contributed by atoms with Crippen molar-refractivity contribution in [2.24, 2.45) is 0 Å². The minimum absolute atomic E-state index is 0.0821. The number of hydrogen-bond donors (Lipinski definition) is 3. The molecular formula is C20H17BrO5. The Morgan fingerprint density at radius 2 is 1.08 bits per heavy atom. The Balaban J connectivity index is 2.34. The number of hydrogen-bond acceptors (Lipinski definition) is 5. The second-order valence-corrected chi connectivity index (χ2v) is 6.37. The summed E-state index contributed by atoms with van der Waals surface area (Å²) in [7, 11) is 2.98. The van der Waals surface area contributed by atoms with Crippen LogP contribution in [-0.2, 0) is 0 Å². The fraction of sp³-hybridized carbons (Fsp3) is 0.100. The molecule has 0 aliphatic rings. The predicted octanol–water partition coefficient (Wildman–Crippen LogP) is 4.92. The zero-order valence-electron chi connectivity index (χ0n) is 14.2. The standard InChI is InChI=1S/C20H17BrO5/c1-25-19-16(12-5-9-14(23)10-6-12)18(24)20(26-2)15(17(19)21)11-3-7-13(22)8-4-11/h3-10,22-24H,1-2H3. The van der Waals surface area contributed by atoms with Crippen molar-refractivity contribution in [1.29, 1.82) is 0 Å². The van der Waals surface area contributed by atoms with Crippen LogP contribution in [0.5, 0.6) is 28.7 Å². The maximum atomic E-state index is 10.9. The highest BCUT2D eigenvalue weighted by Crippen LogP contribution is 2.54. The molecule has 0 heterocycles.